The zero-order chi connectivity index (χ0) is 24.4. The molecule has 4 aromatic rings. The van der Waals surface area contributed by atoms with E-state index in [4.69, 9.17) is 14.2 Å². The highest BCUT2D eigenvalue weighted by molar-refractivity contribution is 6.12. The van der Waals surface area contributed by atoms with E-state index in [0.717, 1.165) is 69.0 Å². The minimum absolute atomic E-state index is 0.0570. The minimum Gasteiger partial charge on any atom is -0.497 e. The Morgan fingerprint density at radius 2 is 1.26 bits per heavy atom. The van der Waals surface area contributed by atoms with Crippen LogP contribution in [-0.2, 0) is 12.8 Å². The highest BCUT2D eigenvalue weighted by atomic mass is 16.5. The average molecular weight is 465 g/mol. The molecule has 0 radical (unpaired) electrons. The number of carbonyl (C=O) groups excluding carboxylic acids is 1. The first-order chi connectivity index (χ1) is 17.1. The van der Waals surface area contributed by atoms with Crippen LogP contribution in [0.3, 0.4) is 0 Å². The van der Waals surface area contributed by atoms with Crippen molar-refractivity contribution in [3.05, 3.63) is 124 Å². The molecular weight excluding hydrogens is 436 g/mol. The third-order valence-corrected chi connectivity index (χ3v) is 6.71. The number of hydrogen-bond donors (Lipinski definition) is 0. The molecular formula is C31H28O4. The van der Waals surface area contributed by atoms with Gasteiger partial charge in [0.05, 0.1) is 21.3 Å². The lowest BCUT2D eigenvalue weighted by atomic mass is 9.74. The Hall–Kier alpha value is -4.05. The van der Waals surface area contributed by atoms with E-state index >= 15 is 0 Å². The van der Waals surface area contributed by atoms with E-state index in [1.54, 1.807) is 21.3 Å². The highest BCUT2D eigenvalue weighted by Crippen LogP contribution is 2.40. The van der Waals surface area contributed by atoms with Crippen LogP contribution in [0, 0.1) is 0 Å². The van der Waals surface area contributed by atoms with Crippen molar-refractivity contribution in [3.8, 4) is 17.2 Å². The zero-order valence-corrected chi connectivity index (χ0v) is 20.2. The Bertz CT molecular complexity index is 1370. The van der Waals surface area contributed by atoms with Crippen LogP contribution in [0.5, 0.6) is 17.2 Å². The molecule has 1 atom stereocenters. The van der Waals surface area contributed by atoms with Crippen molar-refractivity contribution < 1.29 is 19.0 Å². The van der Waals surface area contributed by atoms with Gasteiger partial charge in [0.25, 0.3) is 0 Å². The Labute approximate surface area is 206 Å². The molecule has 0 aliphatic heterocycles. The molecule has 5 rings (SSSR count). The van der Waals surface area contributed by atoms with Crippen molar-refractivity contribution in [2.75, 3.05) is 21.3 Å². The van der Waals surface area contributed by atoms with Gasteiger partial charge in [-0.15, -0.1) is 0 Å². The lowest BCUT2D eigenvalue weighted by molar-refractivity contribution is 0.103. The number of carbonyl (C=O) groups is 1. The van der Waals surface area contributed by atoms with Crippen molar-refractivity contribution in [2.45, 2.75) is 18.8 Å². The summed E-state index contributed by atoms with van der Waals surface area (Å²) in [5.74, 6) is 2.49. The summed E-state index contributed by atoms with van der Waals surface area (Å²) in [5.41, 5.74) is 7.03. The number of methoxy groups -OCH3 is 3. The summed E-state index contributed by atoms with van der Waals surface area (Å²) < 4.78 is 16.3. The molecule has 4 heteroatoms. The third kappa shape index (κ3) is 4.52. The minimum atomic E-state index is 0.0570. The van der Waals surface area contributed by atoms with E-state index < -0.39 is 0 Å². The van der Waals surface area contributed by atoms with E-state index in [-0.39, 0.29) is 11.7 Å². The Balaban J connectivity index is 1.55. The standard InChI is InChI=1S/C31H28O4/c1-33-23-8-6-7-20(14-23)13-21-11-12-27-29(18-22-15-24(34-2)19-25(16-22)35-3)26-9-4-5-10-28(26)31(32)30(27)17-21/h4-12,14-17,19,29H,13,18H2,1-3H3. The lowest BCUT2D eigenvalue weighted by Gasteiger charge is -2.28. The molecule has 0 aromatic heterocycles. The Kier molecular flexibility index (Phi) is 6.28. The fraction of sp³-hybridized carbons (Fsp3) is 0.194. The van der Waals surface area contributed by atoms with Crippen LogP contribution in [0.1, 0.15) is 49.7 Å². The second-order valence-electron chi connectivity index (χ2n) is 8.84. The van der Waals surface area contributed by atoms with Crippen molar-refractivity contribution >= 4 is 5.78 Å². The molecule has 1 aliphatic carbocycles. The maximum atomic E-state index is 13.6. The van der Waals surface area contributed by atoms with Crippen molar-refractivity contribution in [1.82, 2.24) is 0 Å². The van der Waals surface area contributed by atoms with Crippen LogP contribution in [0.25, 0.3) is 0 Å². The molecule has 4 nitrogen and oxygen atoms in total. The predicted octanol–water partition coefficient (Wildman–Crippen LogP) is 6.22. The molecule has 176 valence electrons. The topological polar surface area (TPSA) is 44.8 Å². The van der Waals surface area contributed by atoms with E-state index in [2.05, 4.69) is 30.3 Å². The summed E-state index contributed by atoms with van der Waals surface area (Å²) in [6, 6.07) is 28.3. The molecule has 0 bridgehead atoms. The number of rotatable bonds is 7. The summed E-state index contributed by atoms with van der Waals surface area (Å²) in [7, 11) is 4.99. The summed E-state index contributed by atoms with van der Waals surface area (Å²) >= 11 is 0. The fourth-order valence-electron chi connectivity index (χ4n) is 4.99. The molecule has 35 heavy (non-hydrogen) atoms. The largest absolute Gasteiger partial charge is 0.497 e. The first-order valence-electron chi connectivity index (χ1n) is 11.7. The normalized spacial score (nSPS) is 14.1. The van der Waals surface area contributed by atoms with Gasteiger partial charge in [0, 0.05) is 23.1 Å². The summed E-state index contributed by atoms with van der Waals surface area (Å²) in [5, 5.41) is 0. The molecule has 0 amide bonds. The Morgan fingerprint density at radius 1 is 0.600 bits per heavy atom. The van der Waals surface area contributed by atoms with Gasteiger partial charge in [-0.05, 0) is 71.0 Å². The van der Waals surface area contributed by atoms with Crippen LogP contribution >= 0.6 is 0 Å². The smallest absolute Gasteiger partial charge is 0.193 e. The van der Waals surface area contributed by atoms with E-state index in [0.29, 0.717) is 0 Å². The van der Waals surface area contributed by atoms with Crippen molar-refractivity contribution in [3.63, 3.8) is 0 Å². The van der Waals surface area contributed by atoms with Crippen LogP contribution in [0.2, 0.25) is 0 Å². The van der Waals surface area contributed by atoms with Gasteiger partial charge < -0.3 is 14.2 Å². The van der Waals surface area contributed by atoms with Gasteiger partial charge in [-0.2, -0.15) is 0 Å². The summed E-state index contributed by atoms with van der Waals surface area (Å²) in [6.45, 7) is 0. The lowest BCUT2D eigenvalue weighted by Crippen LogP contribution is -2.21. The number of fused-ring (bicyclic) bond motifs is 2. The first kappa shape index (κ1) is 22.7. The summed E-state index contributed by atoms with van der Waals surface area (Å²) in [6.07, 6.45) is 1.47. The van der Waals surface area contributed by atoms with Crippen molar-refractivity contribution in [2.24, 2.45) is 0 Å². The van der Waals surface area contributed by atoms with Gasteiger partial charge in [0.15, 0.2) is 5.78 Å². The number of hydrogen-bond acceptors (Lipinski definition) is 4. The molecule has 0 N–H and O–H groups in total. The van der Waals surface area contributed by atoms with Gasteiger partial charge in [-0.1, -0.05) is 48.5 Å². The molecule has 0 saturated carbocycles. The summed E-state index contributed by atoms with van der Waals surface area (Å²) in [4.78, 5) is 13.6. The predicted molar refractivity (Wildman–Crippen MR) is 137 cm³/mol. The van der Waals surface area contributed by atoms with Gasteiger partial charge in [0.2, 0.25) is 0 Å². The fourth-order valence-corrected chi connectivity index (χ4v) is 4.99. The van der Waals surface area contributed by atoms with Crippen LogP contribution in [0.15, 0.2) is 84.9 Å². The average Bonchev–Trinajstić information content (AvgIpc) is 2.91. The van der Waals surface area contributed by atoms with E-state index in [9.17, 15) is 4.79 Å². The van der Waals surface area contributed by atoms with Crippen LogP contribution < -0.4 is 14.2 Å². The van der Waals surface area contributed by atoms with E-state index in [1.165, 1.54) is 0 Å². The molecule has 0 saturated heterocycles. The van der Waals surface area contributed by atoms with E-state index in [1.807, 2.05) is 54.6 Å². The van der Waals surface area contributed by atoms with Crippen LogP contribution in [0.4, 0.5) is 0 Å². The molecule has 0 heterocycles. The zero-order valence-electron chi connectivity index (χ0n) is 20.2. The maximum absolute atomic E-state index is 13.6. The van der Waals surface area contributed by atoms with Crippen molar-refractivity contribution in [1.29, 1.82) is 0 Å². The SMILES string of the molecule is COc1cccc(Cc2ccc3c(c2)C(=O)c2ccccc2C3Cc2cc(OC)cc(OC)c2)c1. The first-order valence-corrected chi connectivity index (χ1v) is 11.7. The quantitative estimate of drug-likeness (QED) is 0.326. The second-order valence-corrected chi connectivity index (χ2v) is 8.84. The third-order valence-electron chi connectivity index (χ3n) is 6.71. The second kappa shape index (κ2) is 9.67. The molecule has 1 aliphatic rings. The number of ether oxygens (including phenoxy) is 3. The monoisotopic (exact) mass is 464 g/mol. The molecule has 4 aromatic carbocycles. The number of benzene rings is 4. The molecule has 0 fully saturated rings. The van der Waals surface area contributed by atoms with Gasteiger partial charge >= 0.3 is 0 Å². The van der Waals surface area contributed by atoms with Crippen LogP contribution in [-0.4, -0.2) is 27.1 Å². The van der Waals surface area contributed by atoms with Gasteiger partial charge in [0.1, 0.15) is 17.2 Å². The number of ketones is 1. The van der Waals surface area contributed by atoms with Gasteiger partial charge in [-0.25, -0.2) is 0 Å². The maximum Gasteiger partial charge on any atom is 0.193 e. The molecule has 0 spiro atoms. The Morgan fingerprint density at radius 3 is 2.00 bits per heavy atom. The highest BCUT2D eigenvalue weighted by Gasteiger charge is 2.31. The van der Waals surface area contributed by atoms with Gasteiger partial charge in [-0.3, -0.25) is 4.79 Å². The molecule has 1 unspecified atom stereocenters.